The fourth-order valence-corrected chi connectivity index (χ4v) is 1.36. The van der Waals surface area contributed by atoms with Crippen molar-refractivity contribution in [3.8, 4) is 0 Å². The van der Waals surface area contributed by atoms with Crippen LogP contribution in [0.25, 0.3) is 0 Å². The minimum Gasteiger partial charge on any atom is -0.465 e. The van der Waals surface area contributed by atoms with Gasteiger partial charge in [0.05, 0.1) is 12.7 Å². The van der Waals surface area contributed by atoms with Crippen molar-refractivity contribution < 1.29 is 9.53 Å². The molecule has 0 aromatic carbocycles. The van der Waals surface area contributed by atoms with Crippen molar-refractivity contribution in [1.29, 1.82) is 0 Å². The summed E-state index contributed by atoms with van der Waals surface area (Å²) in [4.78, 5) is 15.1. The van der Waals surface area contributed by atoms with Crippen LogP contribution < -0.4 is 0 Å². The summed E-state index contributed by atoms with van der Waals surface area (Å²) in [6, 6.07) is 3.41. The third-order valence-electron chi connectivity index (χ3n) is 1.37. The van der Waals surface area contributed by atoms with Crippen LogP contribution >= 0.6 is 11.8 Å². The summed E-state index contributed by atoms with van der Waals surface area (Å²) in [5, 5.41) is 0.698. The number of thioether (sulfide) groups is 1. The molecule has 1 heterocycles. The van der Waals surface area contributed by atoms with Crippen LogP contribution in [0.3, 0.4) is 0 Å². The second kappa shape index (κ2) is 4.11. The van der Waals surface area contributed by atoms with E-state index in [1.54, 1.807) is 18.3 Å². The molecule has 0 aliphatic rings. The zero-order chi connectivity index (χ0) is 8.97. The molecule has 0 aliphatic heterocycles. The molecule has 1 aromatic heterocycles. The normalized spacial score (nSPS) is 9.50. The highest BCUT2D eigenvalue weighted by Crippen LogP contribution is 2.16. The number of rotatable bonds is 2. The summed E-state index contributed by atoms with van der Waals surface area (Å²) >= 11 is 1.43. The molecule has 0 saturated heterocycles. The van der Waals surface area contributed by atoms with Gasteiger partial charge in [-0.05, 0) is 18.4 Å². The van der Waals surface area contributed by atoms with E-state index < -0.39 is 0 Å². The molecule has 64 valence electrons. The number of nitrogens with zero attached hydrogens (tertiary/aromatic N) is 1. The quantitative estimate of drug-likeness (QED) is 0.515. The van der Waals surface area contributed by atoms with Gasteiger partial charge >= 0.3 is 5.97 Å². The summed E-state index contributed by atoms with van der Waals surface area (Å²) in [6.07, 6.45) is 3.52. The molecule has 3 nitrogen and oxygen atoms in total. The largest absolute Gasteiger partial charge is 0.465 e. The lowest BCUT2D eigenvalue weighted by Gasteiger charge is -2.02. The van der Waals surface area contributed by atoms with E-state index in [9.17, 15) is 4.79 Å². The van der Waals surface area contributed by atoms with E-state index in [0.717, 1.165) is 0 Å². The van der Waals surface area contributed by atoms with E-state index in [4.69, 9.17) is 0 Å². The zero-order valence-electron chi connectivity index (χ0n) is 6.90. The highest BCUT2D eigenvalue weighted by molar-refractivity contribution is 7.98. The van der Waals surface area contributed by atoms with Crippen LogP contribution in [0.2, 0.25) is 0 Å². The molecule has 0 radical (unpaired) electrons. The molecule has 0 bridgehead atoms. The molecule has 0 unspecified atom stereocenters. The van der Waals surface area contributed by atoms with Crippen molar-refractivity contribution >= 4 is 17.7 Å². The Morgan fingerprint density at radius 3 is 3.00 bits per heavy atom. The fourth-order valence-electron chi connectivity index (χ4n) is 0.819. The number of hydrogen-bond donors (Lipinski definition) is 0. The maximum atomic E-state index is 11.1. The standard InChI is InChI=1S/C8H9NO2S/c1-11-8(10)6-4-3-5-9-7(6)12-2/h3-5H,1-2H3. The number of pyridine rings is 1. The van der Waals surface area contributed by atoms with E-state index in [1.165, 1.54) is 18.9 Å². The number of carbonyl (C=O) groups excluding carboxylic acids is 1. The van der Waals surface area contributed by atoms with Gasteiger partial charge in [0.2, 0.25) is 0 Å². The molecule has 0 atom stereocenters. The molecule has 0 amide bonds. The van der Waals surface area contributed by atoms with Crippen LogP contribution in [0.5, 0.6) is 0 Å². The summed E-state index contributed by atoms with van der Waals surface area (Å²) in [6.45, 7) is 0. The molecule has 0 N–H and O–H groups in total. The first kappa shape index (κ1) is 9.06. The molecule has 12 heavy (non-hydrogen) atoms. The summed E-state index contributed by atoms with van der Waals surface area (Å²) in [5.41, 5.74) is 0.521. The zero-order valence-corrected chi connectivity index (χ0v) is 7.72. The van der Waals surface area contributed by atoms with Gasteiger partial charge in [-0.15, -0.1) is 11.8 Å². The second-order valence-corrected chi connectivity index (χ2v) is 2.85. The van der Waals surface area contributed by atoms with Crippen LogP contribution in [-0.4, -0.2) is 24.3 Å². The summed E-state index contributed by atoms with van der Waals surface area (Å²) < 4.78 is 4.59. The third-order valence-corrected chi connectivity index (χ3v) is 2.08. The monoisotopic (exact) mass is 183 g/mol. The number of aromatic nitrogens is 1. The highest BCUT2D eigenvalue weighted by atomic mass is 32.2. The molecule has 0 aliphatic carbocycles. The number of esters is 1. The third kappa shape index (κ3) is 1.76. The van der Waals surface area contributed by atoms with Crippen LogP contribution in [0.1, 0.15) is 10.4 Å². The lowest BCUT2D eigenvalue weighted by molar-refractivity contribution is 0.0596. The number of methoxy groups -OCH3 is 1. The predicted molar refractivity (Wildman–Crippen MR) is 47.4 cm³/mol. The van der Waals surface area contributed by atoms with E-state index in [-0.39, 0.29) is 5.97 Å². The van der Waals surface area contributed by atoms with Crippen LogP contribution in [0, 0.1) is 0 Å². The Hall–Kier alpha value is -1.03. The van der Waals surface area contributed by atoms with Crippen molar-refractivity contribution in [3.05, 3.63) is 23.9 Å². The molecular weight excluding hydrogens is 174 g/mol. The van der Waals surface area contributed by atoms with Crippen molar-refractivity contribution in [1.82, 2.24) is 4.98 Å². The van der Waals surface area contributed by atoms with Crippen molar-refractivity contribution in [2.75, 3.05) is 13.4 Å². The minimum atomic E-state index is -0.340. The molecule has 0 fully saturated rings. The number of ether oxygens (including phenoxy) is 1. The van der Waals surface area contributed by atoms with Crippen LogP contribution in [0.4, 0.5) is 0 Å². The van der Waals surface area contributed by atoms with Crippen molar-refractivity contribution in [3.63, 3.8) is 0 Å². The van der Waals surface area contributed by atoms with Gasteiger partial charge in [0.15, 0.2) is 0 Å². The van der Waals surface area contributed by atoms with Gasteiger partial charge in [-0.2, -0.15) is 0 Å². The fraction of sp³-hybridized carbons (Fsp3) is 0.250. The Kier molecular flexibility index (Phi) is 3.10. The van der Waals surface area contributed by atoms with Gasteiger partial charge in [-0.25, -0.2) is 9.78 Å². The first-order valence-corrected chi connectivity index (χ1v) is 4.59. The topological polar surface area (TPSA) is 39.2 Å². The molecule has 0 spiro atoms. The SMILES string of the molecule is COC(=O)c1cccnc1SC. The Balaban J connectivity index is 3.04. The van der Waals surface area contributed by atoms with E-state index >= 15 is 0 Å². The summed E-state index contributed by atoms with van der Waals surface area (Å²) in [5.74, 6) is -0.340. The smallest absolute Gasteiger partial charge is 0.340 e. The first-order chi connectivity index (χ1) is 5.79. The molecule has 1 aromatic rings. The minimum absolute atomic E-state index is 0.340. The molecule has 0 saturated carbocycles. The van der Waals surface area contributed by atoms with Gasteiger partial charge in [0.1, 0.15) is 5.03 Å². The molecule has 1 rings (SSSR count). The average molecular weight is 183 g/mol. The van der Waals surface area contributed by atoms with Gasteiger partial charge in [0.25, 0.3) is 0 Å². The Bertz CT molecular complexity index is 288. The lowest BCUT2D eigenvalue weighted by atomic mass is 10.3. The maximum absolute atomic E-state index is 11.1. The average Bonchev–Trinajstić information content (AvgIpc) is 2.16. The molecule has 4 heteroatoms. The summed E-state index contributed by atoms with van der Waals surface area (Å²) in [7, 11) is 1.36. The van der Waals surface area contributed by atoms with Gasteiger partial charge in [0, 0.05) is 6.20 Å². The van der Waals surface area contributed by atoms with Crippen molar-refractivity contribution in [2.24, 2.45) is 0 Å². The van der Waals surface area contributed by atoms with E-state index in [1.807, 2.05) is 6.26 Å². The van der Waals surface area contributed by atoms with Crippen LogP contribution in [0.15, 0.2) is 23.4 Å². The Labute approximate surface area is 75.1 Å². The highest BCUT2D eigenvalue weighted by Gasteiger charge is 2.10. The molecular formula is C8H9NO2S. The van der Waals surface area contributed by atoms with Crippen molar-refractivity contribution in [2.45, 2.75) is 5.03 Å². The maximum Gasteiger partial charge on any atom is 0.340 e. The van der Waals surface area contributed by atoms with Gasteiger partial charge < -0.3 is 4.74 Å². The second-order valence-electron chi connectivity index (χ2n) is 2.05. The van der Waals surface area contributed by atoms with E-state index in [0.29, 0.717) is 10.6 Å². The predicted octanol–water partition coefficient (Wildman–Crippen LogP) is 1.59. The van der Waals surface area contributed by atoms with Gasteiger partial charge in [-0.3, -0.25) is 0 Å². The Morgan fingerprint density at radius 1 is 1.67 bits per heavy atom. The first-order valence-electron chi connectivity index (χ1n) is 3.37. The lowest BCUT2D eigenvalue weighted by Crippen LogP contribution is -2.03. The van der Waals surface area contributed by atoms with Crippen LogP contribution in [-0.2, 0) is 4.74 Å². The van der Waals surface area contributed by atoms with Gasteiger partial charge in [-0.1, -0.05) is 0 Å². The number of hydrogen-bond acceptors (Lipinski definition) is 4. The Morgan fingerprint density at radius 2 is 2.42 bits per heavy atom. The van der Waals surface area contributed by atoms with E-state index in [2.05, 4.69) is 9.72 Å². The number of carbonyl (C=O) groups is 1.